The van der Waals surface area contributed by atoms with E-state index < -0.39 is 0 Å². The molecule has 2 bridgehead atoms. The summed E-state index contributed by atoms with van der Waals surface area (Å²) >= 11 is 3.67. The van der Waals surface area contributed by atoms with Gasteiger partial charge in [0.1, 0.15) is 5.65 Å². The number of hydrogen-bond acceptors (Lipinski definition) is 1. The predicted octanol–water partition coefficient (Wildman–Crippen LogP) is 6.12. The molecule has 2 heterocycles. The molecule has 0 saturated heterocycles. The molecule has 2 unspecified atom stereocenters. The van der Waals surface area contributed by atoms with Crippen LogP contribution in [0.2, 0.25) is 0 Å². The van der Waals surface area contributed by atoms with Gasteiger partial charge in [-0.25, -0.2) is 4.98 Å². The largest absolute Gasteiger partial charge is 0.299 e. The molecule has 0 aliphatic heterocycles. The highest BCUT2D eigenvalue weighted by atomic mass is 79.9. The molecule has 2 aliphatic rings. The normalized spacial score (nSPS) is 27.6. The fourth-order valence-corrected chi connectivity index (χ4v) is 6.08. The Balaban J connectivity index is 1.76. The number of benzene rings is 2. The van der Waals surface area contributed by atoms with Crippen LogP contribution in [0.4, 0.5) is 0 Å². The number of nitrogens with zero attached hydrogens (tertiary/aromatic N) is 2. The molecule has 1 saturated carbocycles. The summed E-state index contributed by atoms with van der Waals surface area (Å²) in [5.74, 6) is 0. The van der Waals surface area contributed by atoms with Gasteiger partial charge in [-0.3, -0.25) is 4.40 Å². The van der Waals surface area contributed by atoms with Crippen LogP contribution in [0.1, 0.15) is 44.2 Å². The SMILES string of the molecule is CC12CCC(C)(C1)c1cc3c(cc12)nc1c2cccc(Br)c2ccn31. The summed E-state index contributed by atoms with van der Waals surface area (Å²) in [6.07, 6.45) is 6.09. The van der Waals surface area contributed by atoms with Crippen molar-refractivity contribution >= 4 is 43.4 Å². The fraction of sp³-hybridized carbons (Fsp3) is 0.318. The summed E-state index contributed by atoms with van der Waals surface area (Å²) in [6, 6.07) is 13.4. The highest BCUT2D eigenvalue weighted by molar-refractivity contribution is 9.10. The minimum atomic E-state index is 0.346. The standard InChI is InChI=1S/C22H19BrN2/c1-21-7-8-22(2,12-21)16-11-19-18(10-15(16)21)24-20-14-4-3-5-17(23)13(14)6-9-25(19)20/h3-6,9-11H,7-8,12H2,1-2H3. The van der Waals surface area contributed by atoms with Gasteiger partial charge in [0.2, 0.25) is 0 Å². The monoisotopic (exact) mass is 390 g/mol. The van der Waals surface area contributed by atoms with Crippen molar-refractivity contribution in [1.82, 2.24) is 9.38 Å². The lowest BCUT2D eigenvalue weighted by Gasteiger charge is -2.26. The van der Waals surface area contributed by atoms with Gasteiger partial charge in [-0.05, 0) is 65.5 Å². The Labute approximate surface area is 155 Å². The summed E-state index contributed by atoms with van der Waals surface area (Å²) in [4.78, 5) is 5.04. The van der Waals surface area contributed by atoms with Crippen LogP contribution >= 0.6 is 15.9 Å². The van der Waals surface area contributed by atoms with Crippen molar-refractivity contribution in [3.63, 3.8) is 0 Å². The molecule has 0 N–H and O–H groups in total. The number of rotatable bonds is 0. The zero-order valence-electron chi connectivity index (χ0n) is 14.4. The van der Waals surface area contributed by atoms with Gasteiger partial charge < -0.3 is 0 Å². The Bertz CT molecular complexity index is 1220. The van der Waals surface area contributed by atoms with Gasteiger partial charge in [0.25, 0.3) is 0 Å². The van der Waals surface area contributed by atoms with E-state index in [9.17, 15) is 0 Å². The van der Waals surface area contributed by atoms with Crippen LogP contribution < -0.4 is 0 Å². The van der Waals surface area contributed by atoms with Gasteiger partial charge in [0.05, 0.1) is 11.0 Å². The molecular formula is C22H19BrN2. The molecule has 0 amide bonds. The average Bonchev–Trinajstić information content (AvgIpc) is 3.18. The summed E-state index contributed by atoms with van der Waals surface area (Å²) in [6.45, 7) is 4.89. The predicted molar refractivity (Wildman–Crippen MR) is 106 cm³/mol. The minimum absolute atomic E-state index is 0.346. The van der Waals surface area contributed by atoms with Gasteiger partial charge in [-0.1, -0.05) is 41.9 Å². The zero-order chi connectivity index (χ0) is 17.0. The van der Waals surface area contributed by atoms with Gasteiger partial charge in [-0.15, -0.1) is 0 Å². The van der Waals surface area contributed by atoms with Crippen molar-refractivity contribution < 1.29 is 0 Å². The molecule has 2 aromatic carbocycles. The van der Waals surface area contributed by atoms with Crippen LogP contribution in [0.5, 0.6) is 0 Å². The van der Waals surface area contributed by atoms with Crippen LogP contribution in [0.15, 0.2) is 47.1 Å². The third kappa shape index (κ3) is 1.63. The van der Waals surface area contributed by atoms with Crippen molar-refractivity contribution in [3.8, 4) is 0 Å². The molecule has 124 valence electrons. The first kappa shape index (κ1) is 14.3. The van der Waals surface area contributed by atoms with Gasteiger partial charge in [0.15, 0.2) is 0 Å². The van der Waals surface area contributed by atoms with Gasteiger partial charge in [0, 0.05) is 21.4 Å². The van der Waals surface area contributed by atoms with Crippen LogP contribution in [0.25, 0.3) is 27.5 Å². The molecule has 0 radical (unpaired) electrons. The highest BCUT2D eigenvalue weighted by Gasteiger charge is 2.53. The maximum atomic E-state index is 5.04. The molecule has 2 nitrogen and oxygen atoms in total. The second kappa shape index (κ2) is 4.27. The summed E-state index contributed by atoms with van der Waals surface area (Å²) in [5, 5.41) is 2.42. The summed E-state index contributed by atoms with van der Waals surface area (Å²) in [5.41, 5.74) is 7.23. The van der Waals surface area contributed by atoms with E-state index in [1.165, 1.54) is 35.6 Å². The summed E-state index contributed by atoms with van der Waals surface area (Å²) < 4.78 is 3.39. The second-order valence-electron chi connectivity index (χ2n) is 8.51. The van der Waals surface area contributed by atoms with E-state index >= 15 is 0 Å². The average molecular weight is 391 g/mol. The first-order valence-electron chi connectivity index (χ1n) is 9.03. The van der Waals surface area contributed by atoms with Crippen LogP contribution in [0.3, 0.4) is 0 Å². The van der Waals surface area contributed by atoms with E-state index in [1.807, 2.05) is 0 Å². The number of hydrogen-bond donors (Lipinski definition) is 0. The van der Waals surface area contributed by atoms with E-state index in [0.29, 0.717) is 10.8 Å². The van der Waals surface area contributed by atoms with Gasteiger partial charge in [-0.2, -0.15) is 0 Å². The lowest BCUT2D eigenvalue weighted by molar-refractivity contribution is 0.484. The fourth-order valence-electron chi connectivity index (χ4n) is 5.58. The van der Waals surface area contributed by atoms with E-state index in [1.54, 1.807) is 11.1 Å². The van der Waals surface area contributed by atoms with E-state index in [-0.39, 0.29) is 0 Å². The molecule has 1 fully saturated rings. The third-order valence-corrected chi connectivity index (χ3v) is 7.51. The number of pyridine rings is 1. The Morgan fingerprint density at radius 1 is 1.00 bits per heavy atom. The first-order valence-corrected chi connectivity index (χ1v) is 9.82. The smallest absolute Gasteiger partial charge is 0.145 e. The number of fused-ring (bicyclic) bond motifs is 10. The van der Waals surface area contributed by atoms with Crippen LogP contribution in [0, 0.1) is 0 Å². The van der Waals surface area contributed by atoms with E-state index in [4.69, 9.17) is 4.98 Å². The Hall–Kier alpha value is -1.87. The first-order chi connectivity index (χ1) is 12.0. The van der Waals surface area contributed by atoms with Crippen LogP contribution in [-0.4, -0.2) is 9.38 Å². The molecule has 2 aliphatic carbocycles. The summed E-state index contributed by atoms with van der Waals surface area (Å²) in [7, 11) is 0. The maximum absolute atomic E-state index is 5.04. The zero-order valence-corrected chi connectivity index (χ0v) is 16.0. The molecular weight excluding hydrogens is 372 g/mol. The molecule has 25 heavy (non-hydrogen) atoms. The molecule has 0 spiro atoms. The maximum Gasteiger partial charge on any atom is 0.145 e. The number of halogens is 1. The van der Waals surface area contributed by atoms with Crippen molar-refractivity contribution in [1.29, 1.82) is 0 Å². The topological polar surface area (TPSA) is 17.3 Å². The number of imidazole rings is 1. The van der Waals surface area contributed by atoms with Crippen molar-refractivity contribution in [2.45, 2.75) is 43.9 Å². The van der Waals surface area contributed by atoms with E-state index in [0.717, 1.165) is 15.6 Å². The molecule has 2 atom stereocenters. The Morgan fingerprint density at radius 3 is 2.56 bits per heavy atom. The van der Waals surface area contributed by atoms with Gasteiger partial charge >= 0.3 is 0 Å². The van der Waals surface area contributed by atoms with Crippen molar-refractivity contribution in [3.05, 3.63) is 58.2 Å². The Kier molecular flexibility index (Phi) is 2.44. The lowest BCUT2D eigenvalue weighted by atomic mass is 9.78. The second-order valence-corrected chi connectivity index (χ2v) is 9.36. The Morgan fingerprint density at radius 2 is 1.76 bits per heavy atom. The third-order valence-electron chi connectivity index (χ3n) is 6.82. The van der Waals surface area contributed by atoms with Crippen molar-refractivity contribution in [2.24, 2.45) is 0 Å². The molecule has 3 heteroatoms. The van der Waals surface area contributed by atoms with E-state index in [2.05, 4.69) is 76.8 Å². The molecule has 6 rings (SSSR count). The molecule has 4 aromatic rings. The quantitative estimate of drug-likeness (QED) is 0.353. The van der Waals surface area contributed by atoms with Crippen LogP contribution in [-0.2, 0) is 10.8 Å². The molecule has 2 aromatic heterocycles. The highest BCUT2D eigenvalue weighted by Crippen LogP contribution is 2.60. The lowest BCUT2D eigenvalue weighted by Crippen LogP contribution is -2.17. The number of aromatic nitrogens is 2. The van der Waals surface area contributed by atoms with Crippen molar-refractivity contribution in [2.75, 3.05) is 0 Å². The minimum Gasteiger partial charge on any atom is -0.299 e.